The molecule has 0 aliphatic heterocycles. The first-order chi connectivity index (χ1) is 7.47. The first-order valence-electron chi connectivity index (χ1n) is 4.73. The first-order valence-corrected chi connectivity index (χ1v) is 4.73. The van der Waals surface area contributed by atoms with Gasteiger partial charge in [-0.25, -0.2) is 4.79 Å². The van der Waals surface area contributed by atoms with Crippen molar-refractivity contribution in [1.82, 2.24) is 0 Å². The monoisotopic (exact) mass is 225 g/mol. The minimum atomic E-state index is -1.55. The normalized spacial score (nSPS) is 12.0. The molecule has 16 heavy (non-hydrogen) atoms. The molecule has 0 amide bonds. The SMILES string of the molecule is COc1ccc(N(C)C)c(C(O)C(=O)O)c1. The lowest BCUT2D eigenvalue weighted by Crippen LogP contribution is -2.17. The lowest BCUT2D eigenvalue weighted by atomic mass is 10.1. The molecule has 0 spiro atoms. The number of ether oxygens (including phenoxy) is 1. The second-order valence-electron chi connectivity index (χ2n) is 3.56. The molecule has 5 nitrogen and oxygen atoms in total. The molecule has 0 saturated heterocycles. The number of hydrogen-bond donors (Lipinski definition) is 2. The van der Waals surface area contributed by atoms with Gasteiger partial charge in [0.15, 0.2) is 6.10 Å². The zero-order valence-corrected chi connectivity index (χ0v) is 9.47. The van der Waals surface area contributed by atoms with Crippen molar-refractivity contribution in [2.75, 3.05) is 26.1 Å². The Morgan fingerprint density at radius 2 is 2.06 bits per heavy atom. The second kappa shape index (κ2) is 4.85. The van der Waals surface area contributed by atoms with Crippen molar-refractivity contribution in [2.24, 2.45) is 0 Å². The van der Waals surface area contributed by atoms with Crippen molar-refractivity contribution >= 4 is 11.7 Å². The molecule has 0 aliphatic carbocycles. The molecule has 0 bridgehead atoms. The fourth-order valence-electron chi connectivity index (χ4n) is 1.42. The van der Waals surface area contributed by atoms with Crippen molar-refractivity contribution in [3.63, 3.8) is 0 Å². The van der Waals surface area contributed by atoms with Crippen molar-refractivity contribution in [2.45, 2.75) is 6.10 Å². The number of aliphatic hydroxyl groups is 1. The van der Waals surface area contributed by atoms with Crippen LogP contribution in [0.25, 0.3) is 0 Å². The number of carbonyl (C=O) groups is 1. The Hall–Kier alpha value is -1.75. The Kier molecular flexibility index (Phi) is 3.73. The van der Waals surface area contributed by atoms with E-state index in [-0.39, 0.29) is 0 Å². The standard InChI is InChI=1S/C11H15NO4/c1-12(2)9-5-4-7(16-3)6-8(9)10(13)11(14)15/h4-6,10,13H,1-3H3,(H,14,15). The van der Waals surface area contributed by atoms with E-state index in [2.05, 4.69) is 0 Å². The number of nitrogens with zero attached hydrogens (tertiary/aromatic N) is 1. The van der Waals surface area contributed by atoms with E-state index >= 15 is 0 Å². The molecule has 1 aromatic rings. The minimum Gasteiger partial charge on any atom is -0.497 e. The van der Waals surface area contributed by atoms with Crippen LogP contribution in [0, 0.1) is 0 Å². The Morgan fingerprint density at radius 3 is 2.50 bits per heavy atom. The van der Waals surface area contributed by atoms with Gasteiger partial charge in [0.25, 0.3) is 0 Å². The molecule has 5 heteroatoms. The number of hydrogen-bond acceptors (Lipinski definition) is 4. The summed E-state index contributed by atoms with van der Waals surface area (Å²) in [4.78, 5) is 12.5. The largest absolute Gasteiger partial charge is 0.497 e. The van der Waals surface area contributed by atoms with Crippen molar-refractivity contribution < 1.29 is 19.7 Å². The lowest BCUT2D eigenvalue weighted by Gasteiger charge is -2.19. The summed E-state index contributed by atoms with van der Waals surface area (Å²) in [6.07, 6.45) is -1.55. The molecule has 0 radical (unpaired) electrons. The quantitative estimate of drug-likeness (QED) is 0.796. The average molecular weight is 225 g/mol. The van der Waals surface area contributed by atoms with Crippen LogP contribution in [-0.4, -0.2) is 37.4 Å². The summed E-state index contributed by atoms with van der Waals surface area (Å²) >= 11 is 0. The van der Waals surface area contributed by atoms with Crippen LogP contribution in [0.15, 0.2) is 18.2 Å². The summed E-state index contributed by atoms with van der Waals surface area (Å²) in [6.45, 7) is 0. The molecule has 0 heterocycles. The van der Waals surface area contributed by atoms with E-state index in [1.165, 1.54) is 13.2 Å². The molecule has 0 aliphatic rings. The lowest BCUT2D eigenvalue weighted by molar-refractivity contribution is -0.146. The molecule has 1 rings (SSSR count). The summed E-state index contributed by atoms with van der Waals surface area (Å²) in [7, 11) is 5.04. The molecule has 0 saturated carbocycles. The number of aliphatic hydroxyl groups excluding tert-OH is 1. The number of carboxylic acid groups (broad SMARTS) is 1. The summed E-state index contributed by atoms with van der Waals surface area (Å²) in [5.74, 6) is -0.766. The summed E-state index contributed by atoms with van der Waals surface area (Å²) < 4.78 is 5.00. The Morgan fingerprint density at radius 1 is 1.44 bits per heavy atom. The van der Waals surface area contributed by atoms with Crippen molar-refractivity contribution in [1.29, 1.82) is 0 Å². The zero-order valence-electron chi connectivity index (χ0n) is 9.47. The van der Waals surface area contributed by atoms with Crippen LogP contribution in [0.1, 0.15) is 11.7 Å². The average Bonchev–Trinajstić information content (AvgIpc) is 2.26. The van der Waals surface area contributed by atoms with Gasteiger partial charge in [0.05, 0.1) is 7.11 Å². The Balaban J connectivity index is 3.25. The van der Waals surface area contributed by atoms with Gasteiger partial charge in [-0.05, 0) is 18.2 Å². The third kappa shape index (κ3) is 2.43. The highest BCUT2D eigenvalue weighted by molar-refractivity contribution is 5.77. The van der Waals surface area contributed by atoms with E-state index in [0.717, 1.165) is 0 Å². The van der Waals surface area contributed by atoms with E-state index < -0.39 is 12.1 Å². The molecule has 88 valence electrons. The van der Waals surface area contributed by atoms with E-state index in [1.54, 1.807) is 31.1 Å². The fraction of sp³-hybridized carbons (Fsp3) is 0.364. The predicted molar refractivity (Wildman–Crippen MR) is 59.9 cm³/mol. The maximum absolute atomic E-state index is 10.8. The van der Waals surface area contributed by atoms with Crippen molar-refractivity contribution in [3.8, 4) is 5.75 Å². The van der Waals surface area contributed by atoms with Gasteiger partial charge >= 0.3 is 5.97 Å². The predicted octanol–water partition coefficient (Wildman–Crippen LogP) is 0.879. The van der Waals surface area contributed by atoms with Gasteiger partial charge in [0.2, 0.25) is 0 Å². The number of carboxylic acids is 1. The highest BCUT2D eigenvalue weighted by Gasteiger charge is 2.21. The smallest absolute Gasteiger partial charge is 0.337 e. The fourth-order valence-corrected chi connectivity index (χ4v) is 1.42. The van der Waals surface area contributed by atoms with Crippen LogP contribution in [-0.2, 0) is 4.79 Å². The van der Waals surface area contributed by atoms with Crippen LogP contribution in [0.4, 0.5) is 5.69 Å². The van der Waals surface area contributed by atoms with Crippen LogP contribution in [0.5, 0.6) is 5.75 Å². The third-order valence-electron chi connectivity index (χ3n) is 2.25. The maximum atomic E-state index is 10.8. The number of benzene rings is 1. The zero-order chi connectivity index (χ0) is 12.3. The van der Waals surface area contributed by atoms with Gasteiger partial charge in [-0.1, -0.05) is 0 Å². The van der Waals surface area contributed by atoms with E-state index in [4.69, 9.17) is 9.84 Å². The van der Waals surface area contributed by atoms with Gasteiger partial charge in [0, 0.05) is 25.3 Å². The third-order valence-corrected chi connectivity index (χ3v) is 2.25. The maximum Gasteiger partial charge on any atom is 0.337 e. The Labute approximate surface area is 93.9 Å². The van der Waals surface area contributed by atoms with Crippen LogP contribution in [0.3, 0.4) is 0 Å². The molecule has 0 aromatic heterocycles. The van der Waals surface area contributed by atoms with Crippen LogP contribution >= 0.6 is 0 Å². The van der Waals surface area contributed by atoms with Gasteiger partial charge in [0.1, 0.15) is 5.75 Å². The molecule has 2 N–H and O–H groups in total. The van der Waals surface area contributed by atoms with E-state index in [9.17, 15) is 9.90 Å². The molecule has 1 aromatic carbocycles. The minimum absolute atomic E-state index is 0.317. The molecule has 0 fully saturated rings. The van der Waals surface area contributed by atoms with Gasteiger partial charge in [-0.15, -0.1) is 0 Å². The molecular formula is C11H15NO4. The summed E-state index contributed by atoms with van der Waals surface area (Å²) in [6, 6.07) is 4.95. The van der Waals surface area contributed by atoms with Crippen molar-refractivity contribution in [3.05, 3.63) is 23.8 Å². The number of methoxy groups -OCH3 is 1. The molecule has 1 unspecified atom stereocenters. The van der Waals surface area contributed by atoms with Gasteiger partial charge in [-0.3, -0.25) is 0 Å². The summed E-state index contributed by atoms with van der Waals surface area (Å²) in [5, 5.41) is 18.4. The van der Waals surface area contributed by atoms with Gasteiger partial charge in [-0.2, -0.15) is 0 Å². The topological polar surface area (TPSA) is 70.0 Å². The Bertz CT molecular complexity index is 390. The van der Waals surface area contributed by atoms with E-state index in [1.807, 2.05) is 0 Å². The highest BCUT2D eigenvalue weighted by Crippen LogP contribution is 2.29. The second-order valence-corrected chi connectivity index (χ2v) is 3.56. The molecular weight excluding hydrogens is 210 g/mol. The van der Waals surface area contributed by atoms with Crippen LogP contribution in [0.2, 0.25) is 0 Å². The molecule has 1 atom stereocenters. The number of anilines is 1. The first kappa shape index (κ1) is 12.3. The summed E-state index contributed by atoms with van der Waals surface area (Å²) in [5.41, 5.74) is 0.965. The number of rotatable bonds is 4. The van der Waals surface area contributed by atoms with E-state index in [0.29, 0.717) is 17.0 Å². The highest BCUT2D eigenvalue weighted by atomic mass is 16.5. The van der Waals surface area contributed by atoms with Crippen LogP contribution < -0.4 is 9.64 Å². The number of aliphatic carboxylic acids is 1. The van der Waals surface area contributed by atoms with Gasteiger partial charge < -0.3 is 19.8 Å².